The lowest BCUT2D eigenvalue weighted by molar-refractivity contribution is 0.445. The van der Waals surface area contributed by atoms with Crippen molar-refractivity contribution in [3.05, 3.63) is 65.5 Å². The molecule has 0 amide bonds. The van der Waals surface area contributed by atoms with Gasteiger partial charge in [0.2, 0.25) is 0 Å². The van der Waals surface area contributed by atoms with Crippen molar-refractivity contribution in [3.63, 3.8) is 0 Å². The van der Waals surface area contributed by atoms with Gasteiger partial charge in [-0.05, 0) is 42.4 Å². The molecular weight excluding hydrogens is 334 g/mol. The first-order valence-electron chi connectivity index (χ1n) is 9.81. The Morgan fingerprint density at radius 3 is 2.63 bits per heavy atom. The summed E-state index contributed by atoms with van der Waals surface area (Å²) in [7, 11) is 2.04. The van der Waals surface area contributed by atoms with Crippen LogP contribution in [-0.4, -0.2) is 19.3 Å². The van der Waals surface area contributed by atoms with E-state index in [2.05, 4.69) is 64.6 Å². The normalized spacial score (nSPS) is 17.1. The molecule has 4 rings (SSSR count). The number of imidazole rings is 1. The number of benzene rings is 1. The molecule has 0 unspecified atom stereocenters. The summed E-state index contributed by atoms with van der Waals surface area (Å²) < 4.78 is 4.19. The summed E-state index contributed by atoms with van der Waals surface area (Å²) in [6.45, 7) is 7.51. The molecule has 0 bridgehead atoms. The summed E-state index contributed by atoms with van der Waals surface area (Å²) >= 11 is 0. The zero-order valence-corrected chi connectivity index (χ0v) is 16.7. The first-order valence-corrected chi connectivity index (χ1v) is 9.81. The van der Waals surface area contributed by atoms with Crippen LogP contribution in [0.3, 0.4) is 0 Å². The Balaban J connectivity index is 1.56. The Morgan fingerprint density at radius 1 is 1.19 bits per heavy atom. The van der Waals surface area contributed by atoms with Gasteiger partial charge in [0, 0.05) is 36.7 Å². The molecule has 0 aliphatic heterocycles. The minimum atomic E-state index is 0.169. The standard InChI is InChI=1S/C22H29N5/c1-22(2,3)16-8-10-17(11-9-16)27-20-7-5-6-19(18(20)14-25-27)24-15-21-23-12-13-26(21)4/h8-14,19,24H,5-7,15H2,1-4H3/t19-/m1/s1. The van der Waals surface area contributed by atoms with Gasteiger partial charge in [0.05, 0.1) is 18.4 Å². The maximum absolute atomic E-state index is 4.73. The maximum Gasteiger partial charge on any atom is 0.122 e. The fourth-order valence-electron chi connectivity index (χ4n) is 3.88. The average Bonchev–Trinajstić information content (AvgIpc) is 3.25. The Labute approximate surface area is 161 Å². The molecule has 1 atom stereocenters. The van der Waals surface area contributed by atoms with Gasteiger partial charge in [-0.15, -0.1) is 0 Å². The molecule has 5 heteroatoms. The minimum absolute atomic E-state index is 0.169. The second-order valence-corrected chi connectivity index (χ2v) is 8.54. The zero-order chi connectivity index (χ0) is 19.0. The van der Waals surface area contributed by atoms with E-state index in [0.29, 0.717) is 6.04 Å². The van der Waals surface area contributed by atoms with Crippen molar-refractivity contribution in [1.82, 2.24) is 24.6 Å². The molecule has 1 aromatic carbocycles. The Hall–Kier alpha value is -2.40. The molecule has 5 nitrogen and oxygen atoms in total. The van der Waals surface area contributed by atoms with Gasteiger partial charge in [0.25, 0.3) is 0 Å². The number of fused-ring (bicyclic) bond motifs is 1. The van der Waals surface area contributed by atoms with Gasteiger partial charge in [0.15, 0.2) is 0 Å². The molecule has 1 aliphatic rings. The number of hydrogen-bond acceptors (Lipinski definition) is 3. The topological polar surface area (TPSA) is 47.7 Å². The van der Waals surface area contributed by atoms with Crippen molar-refractivity contribution in [2.45, 2.75) is 58.0 Å². The van der Waals surface area contributed by atoms with E-state index in [-0.39, 0.29) is 5.41 Å². The number of aromatic nitrogens is 4. The van der Waals surface area contributed by atoms with Crippen LogP contribution in [0.2, 0.25) is 0 Å². The van der Waals surface area contributed by atoms with E-state index < -0.39 is 0 Å². The monoisotopic (exact) mass is 363 g/mol. The molecule has 3 aromatic rings. The number of nitrogens with zero attached hydrogens (tertiary/aromatic N) is 4. The van der Waals surface area contributed by atoms with E-state index >= 15 is 0 Å². The molecule has 1 N–H and O–H groups in total. The van der Waals surface area contributed by atoms with Gasteiger partial charge in [-0.2, -0.15) is 5.10 Å². The van der Waals surface area contributed by atoms with Gasteiger partial charge in [-0.1, -0.05) is 32.9 Å². The molecule has 2 heterocycles. The van der Waals surface area contributed by atoms with Gasteiger partial charge in [-0.25, -0.2) is 9.67 Å². The van der Waals surface area contributed by atoms with Crippen LogP contribution in [0.25, 0.3) is 5.69 Å². The Kier molecular flexibility index (Phi) is 4.64. The highest BCUT2D eigenvalue weighted by Crippen LogP contribution is 2.32. The van der Waals surface area contributed by atoms with Crippen LogP contribution in [0.4, 0.5) is 0 Å². The van der Waals surface area contributed by atoms with Crippen LogP contribution >= 0.6 is 0 Å². The first kappa shape index (κ1) is 18.0. The van der Waals surface area contributed by atoms with E-state index in [1.165, 1.54) is 23.2 Å². The van der Waals surface area contributed by atoms with Crippen molar-refractivity contribution in [2.24, 2.45) is 7.05 Å². The van der Waals surface area contributed by atoms with E-state index in [0.717, 1.165) is 30.9 Å². The van der Waals surface area contributed by atoms with Gasteiger partial charge in [-0.3, -0.25) is 0 Å². The predicted octanol–water partition coefficient (Wildman–Crippen LogP) is 4.07. The van der Waals surface area contributed by atoms with E-state index in [1.54, 1.807) is 0 Å². The van der Waals surface area contributed by atoms with E-state index in [1.807, 2.05) is 25.6 Å². The number of nitrogens with one attached hydrogen (secondary N) is 1. The summed E-state index contributed by atoms with van der Waals surface area (Å²) in [5.74, 6) is 1.06. The van der Waals surface area contributed by atoms with Crippen molar-refractivity contribution in [3.8, 4) is 5.69 Å². The lowest BCUT2D eigenvalue weighted by Crippen LogP contribution is -2.26. The van der Waals surface area contributed by atoms with Gasteiger partial charge >= 0.3 is 0 Å². The summed E-state index contributed by atoms with van der Waals surface area (Å²) in [4.78, 5) is 4.42. The van der Waals surface area contributed by atoms with Gasteiger partial charge < -0.3 is 9.88 Å². The maximum atomic E-state index is 4.73. The predicted molar refractivity (Wildman–Crippen MR) is 108 cm³/mol. The van der Waals surface area contributed by atoms with Crippen LogP contribution in [0, 0.1) is 0 Å². The third-order valence-electron chi connectivity index (χ3n) is 5.59. The highest BCUT2D eigenvalue weighted by atomic mass is 15.3. The quantitative estimate of drug-likeness (QED) is 0.760. The first-order chi connectivity index (χ1) is 12.9. The molecule has 27 heavy (non-hydrogen) atoms. The molecular formula is C22H29N5. The Morgan fingerprint density at radius 2 is 1.96 bits per heavy atom. The molecule has 0 fully saturated rings. The number of hydrogen-bond donors (Lipinski definition) is 1. The second kappa shape index (κ2) is 6.97. The highest BCUT2D eigenvalue weighted by molar-refractivity contribution is 5.40. The molecule has 142 valence electrons. The number of aryl methyl sites for hydroxylation is 1. The summed E-state index contributed by atoms with van der Waals surface area (Å²) in [5, 5.41) is 8.41. The lowest BCUT2D eigenvalue weighted by atomic mass is 9.87. The third-order valence-corrected chi connectivity index (χ3v) is 5.59. The van der Waals surface area contributed by atoms with Crippen molar-refractivity contribution < 1.29 is 0 Å². The SMILES string of the molecule is Cn1ccnc1CN[C@@H]1CCCc2c1cnn2-c1ccc(C(C)(C)C)cc1. The molecule has 0 spiro atoms. The molecule has 2 aromatic heterocycles. The highest BCUT2D eigenvalue weighted by Gasteiger charge is 2.25. The second-order valence-electron chi connectivity index (χ2n) is 8.54. The van der Waals surface area contributed by atoms with Crippen LogP contribution in [0.5, 0.6) is 0 Å². The van der Waals surface area contributed by atoms with Crippen molar-refractivity contribution >= 4 is 0 Å². The lowest BCUT2D eigenvalue weighted by Gasteiger charge is -2.24. The fraction of sp³-hybridized carbons (Fsp3) is 0.455. The molecule has 0 radical (unpaired) electrons. The summed E-state index contributed by atoms with van der Waals surface area (Å²) in [6.07, 6.45) is 9.29. The van der Waals surface area contributed by atoms with Crippen LogP contribution in [0.15, 0.2) is 42.9 Å². The van der Waals surface area contributed by atoms with Crippen LogP contribution in [0.1, 0.15) is 62.3 Å². The van der Waals surface area contributed by atoms with Crippen molar-refractivity contribution in [1.29, 1.82) is 0 Å². The zero-order valence-electron chi connectivity index (χ0n) is 16.7. The smallest absolute Gasteiger partial charge is 0.122 e. The fourth-order valence-corrected chi connectivity index (χ4v) is 3.88. The van der Waals surface area contributed by atoms with E-state index in [9.17, 15) is 0 Å². The minimum Gasteiger partial charge on any atom is -0.337 e. The van der Waals surface area contributed by atoms with E-state index in [4.69, 9.17) is 5.10 Å². The van der Waals surface area contributed by atoms with Gasteiger partial charge in [0.1, 0.15) is 5.82 Å². The van der Waals surface area contributed by atoms with Crippen LogP contribution < -0.4 is 5.32 Å². The van der Waals surface area contributed by atoms with Crippen molar-refractivity contribution in [2.75, 3.05) is 0 Å². The largest absolute Gasteiger partial charge is 0.337 e. The molecule has 0 saturated heterocycles. The molecule has 1 aliphatic carbocycles. The van der Waals surface area contributed by atoms with Crippen LogP contribution in [-0.2, 0) is 25.4 Å². The summed E-state index contributed by atoms with van der Waals surface area (Å²) in [6, 6.07) is 9.18. The Bertz CT molecular complexity index is 911. The summed E-state index contributed by atoms with van der Waals surface area (Å²) in [5.41, 5.74) is 5.33. The average molecular weight is 364 g/mol. The third kappa shape index (κ3) is 3.56. The number of rotatable bonds is 4. The molecule has 0 saturated carbocycles.